The molecule has 0 radical (unpaired) electrons. The molecular weight excluding hydrogens is 172 g/mol. The standard InChI is InChI=1S/2C4H8O2.CH4/c2*1-3(2)4(5)6;/h2*3H,1-2H3,(H,5,6);1H4. The van der Waals surface area contributed by atoms with Crippen molar-refractivity contribution in [1.29, 1.82) is 0 Å². The van der Waals surface area contributed by atoms with E-state index >= 15 is 0 Å². The van der Waals surface area contributed by atoms with Gasteiger partial charge in [-0.25, -0.2) is 0 Å². The molecule has 0 unspecified atom stereocenters. The largest absolute Gasteiger partial charge is 0.481 e. The average molecular weight is 192 g/mol. The van der Waals surface area contributed by atoms with Crippen molar-refractivity contribution in [2.75, 3.05) is 0 Å². The van der Waals surface area contributed by atoms with Crippen molar-refractivity contribution in [2.24, 2.45) is 11.8 Å². The monoisotopic (exact) mass is 192 g/mol. The third kappa shape index (κ3) is 18.2. The van der Waals surface area contributed by atoms with Crippen LogP contribution in [0, 0.1) is 11.8 Å². The van der Waals surface area contributed by atoms with Crippen molar-refractivity contribution < 1.29 is 19.8 Å². The van der Waals surface area contributed by atoms with Crippen LogP contribution in [-0.2, 0) is 9.59 Å². The molecule has 80 valence electrons. The highest BCUT2D eigenvalue weighted by molar-refractivity contribution is 5.69. The first-order valence-electron chi connectivity index (χ1n) is 3.74. The Morgan fingerprint density at radius 3 is 0.923 bits per heavy atom. The van der Waals surface area contributed by atoms with Gasteiger partial charge in [0.25, 0.3) is 0 Å². The Labute approximate surface area is 79.6 Å². The number of aliphatic carboxylic acids is 2. The van der Waals surface area contributed by atoms with Gasteiger partial charge in [0.2, 0.25) is 0 Å². The van der Waals surface area contributed by atoms with Crippen LogP contribution < -0.4 is 0 Å². The number of hydrogen-bond donors (Lipinski definition) is 2. The molecule has 13 heavy (non-hydrogen) atoms. The van der Waals surface area contributed by atoms with E-state index in [1.165, 1.54) is 0 Å². The van der Waals surface area contributed by atoms with Gasteiger partial charge in [0, 0.05) is 0 Å². The second-order valence-corrected chi connectivity index (χ2v) is 2.99. The number of rotatable bonds is 2. The van der Waals surface area contributed by atoms with Crippen LogP contribution in [0.1, 0.15) is 35.1 Å². The van der Waals surface area contributed by atoms with Crippen LogP contribution >= 0.6 is 0 Å². The van der Waals surface area contributed by atoms with Gasteiger partial charge in [0.05, 0.1) is 11.8 Å². The van der Waals surface area contributed by atoms with Gasteiger partial charge in [-0.15, -0.1) is 0 Å². The van der Waals surface area contributed by atoms with E-state index in [0.29, 0.717) is 0 Å². The van der Waals surface area contributed by atoms with Crippen molar-refractivity contribution >= 4 is 11.9 Å². The molecule has 0 aliphatic heterocycles. The second kappa shape index (κ2) is 9.03. The van der Waals surface area contributed by atoms with E-state index in [-0.39, 0.29) is 19.3 Å². The molecule has 0 heterocycles. The van der Waals surface area contributed by atoms with E-state index in [4.69, 9.17) is 10.2 Å². The summed E-state index contributed by atoms with van der Waals surface area (Å²) in [5.74, 6) is -1.94. The summed E-state index contributed by atoms with van der Waals surface area (Å²) in [6, 6.07) is 0. The third-order valence-electron chi connectivity index (χ3n) is 0.988. The highest BCUT2D eigenvalue weighted by Crippen LogP contribution is 1.87. The predicted octanol–water partition coefficient (Wildman–Crippen LogP) is 2.09. The number of carboxylic acid groups (broad SMARTS) is 2. The van der Waals surface area contributed by atoms with Gasteiger partial charge >= 0.3 is 11.9 Å². The summed E-state index contributed by atoms with van der Waals surface area (Å²) in [7, 11) is 0. The molecule has 0 aliphatic rings. The van der Waals surface area contributed by atoms with Crippen LogP contribution in [0.5, 0.6) is 0 Å². The fourth-order valence-corrected chi connectivity index (χ4v) is 0. The van der Waals surface area contributed by atoms with E-state index in [2.05, 4.69) is 0 Å². The van der Waals surface area contributed by atoms with Crippen LogP contribution in [0.2, 0.25) is 0 Å². The summed E-state index contributed by atoms with van der Waals surface area (Å²) in [6.07, 6.45) is 0. The van der Waals surface area contributed by atoms with Crippen molar-refractivity contribution in [3.05, 3.63) is 0 Å². The van der Waals surface area contributed by atoms with Gasteiger partial charge in [0.15, 0.2) is 0 Å². The molecule has 0 saturated carbocycles. The van der Waals surface area contributed by atoms with Crippen LogP contribution in [0.3, 0.4) is 0 Å². The molecule has 0 saturated heterocycles. The van der Waals surface area contributed by atoms with E-state index in [0.717, 1.165) is 0 Å². The maximum absolute atomic E-state index is 9.70. The number of carboxylic acids is 2. The third-order valence-corrected chi connectivity index (χ3v) is 0.988. The molecule has 0 bridgehead atoms. The summed E-state index contributed by atoms with van der Waals surface area (Å²) in [5.41, 5.74) is 0. The molecule has 0 aromatic carbocycles. The predicted molar refractivity (Wildman–Crippen MR) is 51.7 cm³/mol. The maximum atomic E-state index is 9.70. The zero-order valence-electron chi connectivity index (χ0n) is 7.87. The molecular formula is C9H20O4. The molecule has 0 atom stereocenters. The van der Waals surface area contributed by atoms with E-state index in [9.17, 15) is 9.59 Å². The van der Waals surface area contributed by atoms with Gasteiger partial charge in [-0.2, -0.15) is 0 Å². The Bertz CT molecular complexity index is 132. The molecule has 0 fully saturated rings. The lowest BCUT2D eigenvalue weighted by atomic mass is 10.2. The van der Waals surface area contributed by atoms with Crippen molar-refractivity contribution in [3.8, 4) is 0 Å². The van der Waals surface area contributed by atoms with Gasteiger partial charge in [-0.3, -0.25) is 9.59 Å². The molecule has 0 rings (SSSR count). The Morgan fingerprint density at radius 2 is 0.923 bits per heavy atom. The smallest absolute Gasteiger partial charge is 0.305 e. The van der Waals surface area contributed by atoms with Crippen LogP contribution in [-0.4, -0.2) is 22.2 Å². The first-order valence-corrected chi connectivity index (χ1v) is 3.74. The van der Waals surface area contributed by atoms with Crippen molar-refractivity contribution in [1.82, 2.24) is 0 Å². The van der Waals surface area contributed by atoms with Gasteiger partial charge in [-0.05, 0) is 0 Å². The normalized spacial score (nSPS) is 8.46. The van der Waals surface area contributed by atoms with E-state index in [1.807, 2.05) is 0 Å². The van der Waals surface area contributed by atoms with Crippen LogP contribution in [0.4, 0.5) is 0 Å². The Morgan fingerprint density at radius 1 is 0.846 bits per heavy atom. The van der Waals surface area contributed by atoms with Gasteiger partial charge in [-0.1, -0.05) is 35.1 Å². The topological polar surface area (TPSA) is 74.6 Å². The maximum Gasteiger partial charge on any atom is 0.305 e. The average Bonchev–Trinajstić information content (AvgIpc) is 1.88. The molecule has 0 aromatic rings. The highest BCUT2D eigenvalue weighted by Gasteiger charge is 1.99. The summed E-state index contributed by atoms with van der Waals surface area (Å²) < 4.78 is 0. The first kappa shape index (κ1) is 17.9. The molecule has 4 nitrogen and oxygen atoms in total. The quantitative estimate of drug-likeness (QED) is 0.702. The van der Waals surface area contributed by atoms with Crippen molar-refractivity contribution in [2.45, 2.75) is 35.1 Å². The second-order valence-electron chi connectivity index (χ2n) is 2.99. The minimum atomic E-state index is -0.741. The zero-order valence-corrected chi connectivity index (χ0v) is 7.87. The number of carbonyl (C=O) groups is 2. The lowest BCUT2D eigenvalue weighted by Crippen LogP contribution is -2.03. The molecule has 0 amide bonds. The molecule has 4 heteroatoms. The van der Waals surface area contributed by atoms with Crippen LogP contribution in [0.25, 0.3) is 0 Å². The molecule has 2 N–H and O–H groups in total. The summed E-state index contributed by atoms with van der Waals surface area (Å²) in [6.45, 7) is 6.56. The molecule has 0 aromatic heterocycles. The minimum absolute atomic E-state index is 0. The van der Waals surface area contributed by atoms with Crippen molar-refractivity contribution in [3.63, 3.8) is 0 Å². The van der Waals surface area contributed by atoms with E-state index in [1.54, 1.807) is 27.7 Å². The summed E-state index contributed by atoms with van der Waals surface area (Å²) in [4.78, 5) is 19.4. The first-order chi connectivity index (χ1) is 5.29. The SMILES string of the molecule is C.CC(C)C(=O)O.CC(C)C(=O)O. The van der Waals surface area contributed by atoms with Crippen LogP contribution in [0.15, 0.2) is 0 Å². The molecule has 0 aliphatic carbocycles. The summed E-state index contributed by atoms with van der Waals surface area (Å²) >= 11 is 0. The van der Waals surface area contributed by atoms with Gasteiger partial charge in [0.1, 0.15) is 0 Å². The molecule has 0 spiro atoms. The van der Waals surface area contributed by atoms with Gasteiger partial charge < -0.3 is 10.2 Å². The lowest BCUT2D eigenvalue weighted by Gasteiger charge is -1.89. The number of hydrogen-bond acceptors (Lipinski definition) is 2. The fraction of sp³-hybridized carbons (Fsp3) is 0.778. The zero-order chi connectivity index (χ0) is 10.3. The van der Waals surface area contributed by atoms with E-state index < -0.39 is 11.9 Å². The highest BCUT2D eigenvalue weighted by atomic mass is 16.4. The Kier molecular flexibility index (Phi) is 12.4. The minimum Gasteiger partial charge on any atom is -0.481 e. The summed E-state index contributed by atoms with van der Waals surface area (Å²) in [5, 5.41) is 16.0. The fourth-order valence-electron chi connectivity index (χ4n) is 0. The Balaban J connectivity index is -0.000000143. The Hall–Kier alpha value is -1.06. The lowest BCUT2D eigenvalue weighted by molar-refractivity contribution is -0.141.